The highest BCUT2D eigenvalue weighted by Crippen LogP contribution is 2.40. The minimum atomic E-state index is -0.321. The van der Waals surface area contributed by atoms with Crippen molar-refractivity contribution >= 4 is 22.4 Å². The van der Waals surface area contributed by atoms with E-state index in [4.69, 9.17) is 4.74 Å². The third kappa shape index (κ3) is 3.04. The number of carbonyl (C=O) groups is 1. The van der Waals surface area contributed by atoms with Crippen LogP contribution in [-0.2, 0) is 0 Å². The maximum absolute atomic E-state index is 12.9. The molecule has 1 amide bonds. The average molecular weight is 358 g/mol. The number of rotatable bonds is 4. The molecule has 0 aromatic heterocycles. The lowest BCUT2D eigenvalue weighted by Gasteiger charge is -2.36. The van der Waals surface area contributed by atoms with Crippen LogP contribution >= 0.6 is 0 Å². The third-order valence-electron chi connectivity index (χ3n) is 4.84. The Hall–Kier alpha value is -3.27. The predicted octanol–water partition coefficient (Wildman–Crippen LogP) is 4.99. The van der Waals surface area contributed by atoms with E-state index in [-0.39, 0.29) is 12.1 Å². The Labute approximate surface area is 159 Å². The van der Waals surface area contributed by atoms with Gasteiger partial charge >= 0.3 is 0 Å². The predicted molar refractivity (Wildman–Crippen MR) is 109 cm³/mol. The van der Waals surface area contributed by atoms with Crippen LogP contribution in [0.25, 0.3) is 10.8 Å². The van der Waals surface area contributed by atoms with E-state index >= 15 is 0 Å². The molecule has 0 spiro atoms. The Morgan fingerprint density at radius 1 is 1.11 bits per heavy atom. The van der Waals surface area contributed by atoms with Crippen molar-refractivity contribution in [1.29, 1.82) is 0 Å². The van der Waals surface area contributed by atoms with E-state index in [0.29, 0.717) is 12.2 Å². The minimum absolute atomic E-state index is 0.00636. The van der Waals surface area contributed by atoms with Crippen LogP contribution in [0, 0.1) is 0 Å². The number of nitrogens with one attached hydrogen (secondary N) is 1. The SMILES string of the molecule is C=C(C)COc1ccc2ccccc2c1C1Nc2ccccc2C(=O)N1C. The van der Waals surface area contributed by atoms with Crippen molar-refractivity contribution in [3.05, 3.63) is 83.9 Å². The molecule has 4 heteroatoms. The van der Waals surface area contributed by atoms with Gasteiger partial charge in [0.25, 0.3) is 5.91 Å². The van der Waals surface area contributed by atoms with Crippen molar-refractivity contribution in [2.75, 3.05) is 19.0 Å². The smallest absolute Gasteiger partial charge is 0.257 e. The van der Waals surface area contributed by atoms with Crippen molar-refractivity contribution in [1.82, 2.24) is 4.90 Å². The number of anilines is 1. The molecule has 27 heavy (non-hydrogen) atoms. The second kappa shape index (κ2) is 6.80. The van der Waals surface area contributed by atoms with Gasteiger partial charge in [-0.15, -0.1) is 0 Å². The maximum atomic E-state index is 12.9. The zero-order valence-electron chi connectivity index (χ0n) is 15.5. The van der Waals surface area contributed by atoms with Gasteiger partial charge in [-0.2, -0.15) is 0 Å². The summed E-state index contributed by atoms with van der Waals surface area (Å²) in [5.41, 5.74) is 3.42. The minimum Gasteiger partial charge on any atom is -0.489 e. The summed E-state index contributed by atoms with van der Waals surface area (Å²) >= 11 is 0. The van der Waals surface area contributed by atoms with Crippen LogP contribution in [0.4, 0.5) is 5.69 Å². The first kappa shape index (κ1) is 17.2. The van der Waals surface area contributed by atoms with Crippen molar-refractivity contribution < 1.29 is 9.53 Å². The van der Waals surface area contributed by atoms with E-state index in [1.165, 1.54) is 0 Å². The fourth-order valence-corrected chi connectivity index (χ4v) is 3.50. The molecular formula is C23H22N2O2. The summed E-state index contributed by atoms with van der Waals surface area (Å²) in [6.45, 7) is 6.30. The lowest BCUT2D eigenvalue weighted by atomic mass is 9.97. The number of para-hydroxylation sites is 1. The van der Waals surface area contributed by atoms with Crippen LogP contribution in [0.3, 0.4) is 0 Å². The van der Waals surface area contributed by atoms with Crippen molar-refractivity contribution in [2.24, 2.45) is 0 Å². The molecule has 1 heterocycles. The monoisotopic (exact) mass is 358 g/mol. The number of fused-ring (bicyclic) bond motifs is 2. The van der Waals surface area contributed by atoms with Gasteiger partial charge in [0.05, 0.1) is 5.56 Å². The number of amides is 1. The fourth-order valence-electron chi connectivity index (χ4n) is 3.50. The van der Waals surface area contributed by atoms with Crippen LogP contribution in [0.5, 0.6) is 5.75 Å². The second-order valence-electron chi connectivity index (χ2n) is 6.95. The average Bonchev–Trinajstić information content (AvgIpc) is 2.69. The summed E-state index contributed by atoms with van der Waals surface area (Å²) in [4.78, 5) is 14.7. The normalized spacial score (nSPS) is 16.0. The van der Waals surface area contributed by atoms with E-state index in [9.17, 15) is 4.79 Å². The molecule has 3 aromatic rings. The van der Waals surface area contributed by atoms with Crippen molar-refractivity contribution in [3.63, 3.8) is 0 Å². The highest BCUT2D eigenvalue weighted by Gasteiger charge is 2.32. The number of ether oxygens (including phenoxy) is 1. The standard InChI is InChI=1S/C23H22N2O2/c1-15(2)14-27-20-13-12-16-8-4-5-9-17(16)21(20)22-24-19-11-7-6-10-18(19)23(26)25(22)3/h4-13,22,24H,1,14H2,2-3H3. The topological polar surface area (TPSA) is 41.6 Å². The first-order valence-corrected chi connectivity index (χ1v) is 8.98. The van der Waals surface area contributed by atoms with Crippen LogP contribution in [0.15, 0.2) is 72.8 Å². The van der Waals surface area contributed by atoms with E-state index < -0.39 is 0 Å². The molecule has 0 fully saturated rings. The third-order valence-corrected chi connectivity index (χ3v) is 4.84. The maximum Gasteiger partial charge on any atom is 0.257 e. The van der Waals surface area contributed by atoms with Gasteiger partial charge in [0.2, 0.25) is 0 Å². The number of hydrogen-bond donors (Lipinski definition) is 1. The van der Waals surface area contributed by atoms with Gasteiger partial charge in [0.1, 0.15) is 18.5 Å². The molecule has 1 unspecified atom stereocenters. The Morgan fingerprint density at radius 2 is 1.85 bits per heavy atom. The Morgan fingerprint density at radius 3 is 2.67 bits per heavy atom. The Kier molecular flexibility index (Phi) is 4.32. The number of hydrogen-bond acceptors (Lipinski definition) is 3. The molecule has 3 aromatic carbocycles. The molecule has 1 atom stereocenters. The lowest BCUT2D eigenvalue weighted by molar-refractivity contribution is 0.0734. The number of benzene rings is 3. The van der Waals surface area contributed by atoms with Gasteiger partial charge in [-0.1, -0.05) is 49.0 Å². The van der Waals surface area contributed by atoms with Crippen LogP contribution < -0.4 is 10.1 Å². The highest BCUT2D eigenvalue weighted by molar-refractivity contribution is 6.02. The van der Waals surface area contributed by atoms with Crippen LogP contribution in [0.1, 0.15) is 29.0 Å². The van der Waals surface area contributed by atoms with Gasteiger partial charge < -0.3 is 15.0 Å². The number of nitrogens with zero attached hydrogens (tertiary/aromatic N) is 1. The van der Waals surface area contributed by atoms with Crippen molar-refractivity contribution in [3.8, 4) is 5.75 Å². The largest absolute Gasteiger partial charge is 0.489 e. The first-order chi connectivity index (χ1) is 13.1. The van der Waals surface area contributed by atoms with Crippen LogP contribution in [-0.4, -0.2) is 24.5 Å². The summed E-state index contributed by atoms with van der Waals surface area (Å²) in [6.07, 6.45) is -0.321. The molecular weight excluding hydrogens is 336 g/mol. The highest BCUT2D eigenvalue weighted by atomic mass is 16.5. The summed E-state index contributed by atoms with van der Waals surface area (Å²) in [6, 6.07) is 19.8. The molecule has 4 rings (SSSR count). The van der Waals surface area contributed by atoms with Gasteiger partial charge in [-0.05, 0) is 41.5 Å². The van der Waals surface area contributed by atoms with E-state index in [0.717, 1.165) is 33.3 Å². The molecule has 0 bridgehead atoms. The van der Waals surface area contributed by atoms with Gasteiger partial charge in [0.15, 0.2) is 0 Å². The molecule has 1 aliphatic heterocycles. The van der Waals surface area contributed by atoms with Gasteiger partial charge in [0, 0.05) is 18.3 Å². The second-order valence-corrected chi connectivity index (χ2v) is 6.95. The molecule has 0 radical (unpaired) electrons. The first-order valence-electron chi connectivity index (χ1n) is 8.98. The molecule has 0 aliphatic carbocycles. The fraction of sp³-hybridized carbons (Fsp3) is 0.174. The summed E-state index contributed by atoms with van der Waals surface area (Å²) in [5.74, 6) is 0.751. The van der Waals surface area contributed by atoms with E-state index in [2.05, 4.69) is 24.0 Å². The van der Waals surface area contributed by atoms with Gasteiger partial charge in [-0.25, -0.2) is 0 Å². The zero-order chi connectivity index (χ0) is 19.0. The summed E-state index contributed by atoms with van der Waals surface area (Å²) in [7, 11) is 1.82. The summed E-state index contributed by atoms with van der Waals surface area (Å²) in [5, 5.41) is 5.69. The van der Waals surface area contributed by atoms with Crippen molar-refractivity contribution in [2.45, 2.75) is 13.1 Å². The molecule has 0 saturated heterocycles. The van der Waals surface area contributed by atoms with E-state index in [1.807, 2.05) is 62.5 Å². The zero-order valence-corrected chi connectivity index (χ0v) is 15.5. The van der Waals surface area contributed by atoms with E-state index in [1.54, 1.807) is 4.90 Å². The number of carbonyl (C=O) groups excluding carboxylic acids is 1. The molecule has 0 saturated carbocycles. The molecule has 1 N–H and O–H groups in total. The lowest BCUT2D eigenvalue weighted by Crippen LogP contribution is -2.40. The Bertz CT molecular complexity index is 1040. The molecule has 136 valence electrons. The molecule has 1 aliphatic rings. The van der Waals surface area contributed by atoms with Crippen LogP contribution in [0.2, 0.25) is 0 Å². The Balaban J connectivity index is 1.88. The van der Waals surface area contributed by atoms with Gasteiger partial charge in [-0.3, -0.25) is 4.79 Å². The quantitative estimate of drug-likeness (QED) is 0.668. The summed E-state index contributed by atoms with van der Waals surface area (Å²) < 4.78 is 6.05. The molecule has 4 nitrogen and oxygen atoms in total.